The summed E-state index contributed by atoms with van der Waals surface area (Å²) in [7, 11) is 0. The topological polar surface area (TPSA) is 55.1 Å². The van der Waals surface area contributed by atoms with Gasteiger partial charge in [-0.3, -0.25) is 4.79 Å². The first-order valence-corrected chi connectivity index (χ1v) is 7.46. The molecule has 0 saturated heterocycles. The van der Waals surface area contributed by atoms with Gasteiger partial charge in [-0.25, -0.2) is 4.39 Å². The first-order valence-electron chi connectivity index (χ1n) is 7.46. The Morgan fingerprint density at radius 2 is 2.10 bits per heavy atom. The van der Waals surface area contributed by atoms with Crippen molar-refractivity contribution in [2.75, 3.05) is 6.54 Å². The molecular weight excluding hydrogens is 255 g/mol. The molecule has 1 aromatic carbocycles. The number of halogens is 1. The van der Waals surface area contributed by atoms with Gasteiger partial charge in [0.1, 0.15) is 5.82 Å². The Balaban J connectivity index is 1.69. The summed E-state index contributed by atoms with van der Waals surface area (Å²) < 4.78 is 13.7. The van der Waals surface area contributed by atoms with E-state index in [9.17, 15) is 9.18 Å². The van der Waals surface area contributed by atoms with Crippen LogP contribution < -0.4 is 11.1 Å². The summed E-state index contributed by atoms with van der Waals surface area (Å²) in [6.45, 7) is 1.41. The number of nitrogens with one attached hydrogen (secondary N) is 1. The van der Waals surface area contributed by atoms with Crippen LogP contribution in [-0.4, -0.2) is 12.5 Å². The normalized spacial score (nSPS) is 15.7. The highest BCUT2D eigenvalue weighted by atomic mass is 19.1. The quantitative estimate of drug-likeness (QED) is 0.753. The van der Waals surface area contributed by atoms with Crippen molar-refractivity contribution in [3.05, 3.63) is 35.1 Å². The lowest BCUT2D eigenvalue weighted by Crippen LogP contribution is -2.17. The minimum Gasteiger partial charge on any atom is -0.366 e. The maximum absolute atomic E-state index is 13.7. The van der Waals surface area contributed by atoms with Gasteiger partial charge in [0, 0.05) is 17.7 Å². The second-order valence-corrected chi connectivity index (χ2v) is 5.64. The van der Waals surface area contributed by atoms with E-state index in [0.29, 0.717) is 12.1 Å². The number of carbonyl (C=O) groups excluding carboxylic acids is 1. The maximum Gasteiger partial charge on any atom is 0.248 e. The number of rotatable bonds is 7. The molecule has 20 heavy (non-hydrogen) atoms. The fourth-order valence-corrected chi connectivity index (χ4v) is 2.88. The molecule has 4 heteroatoms. The maximum atomic E-state index is 13.7. The SMILES string of the molecule is NC(=O)c1ccc(CNCCCC2CCCC2)c(F)c1. The smallest absolute Gasteiger partial charge is 0.248 e. The van der Waals surface area contributed by atoms with Gasteiger partial charge in [-0.15, -0.1) is 0 Å². The average Bonchev–Trinajstić information content (AvgIpc) is 2.93. The van der Waals surface area contributed by atoms with E-state index in [1.54, 1.807) is 12.1 Å². The Labute approximate surface area is 119 Å². The van der Waals surface area contributed by atoms with Crippen LogP contribution in [0.2, 0.25) is 0 Å². The molecule has 1 aliphatic rings. The van der Waals surface area contributed by atoms with Crippen LogP contribution in [0.1, 0.15) is 54.4 Å². The van der Waals surface area contributed by atoms with Gasteiger partial charge < -0.3 is 11.1 Å². The third-order valence-corrected chi connectivity index (χ3v) is 4.09. The average molecular weight is 278 g/mol. The molecule has 2 rings (SSSR count). The van der Waals surface area contributed by atoms with Crippen molar-refractivity contribution in [3.8, 4) is 0 Å². The molecule has 0 aliphatic heterocycles. The first-order chi connectivity index (χ1) is 9.66. The number of benzene rings is 1. The van der Waals surface area contributed by atoms with Gasteiger partial charge in [0.05, 0.1) is 0 Å². The zero-order chi connectivity index (χ0) is 14.4. The van der Waals surface area contributed by atoms with Gasteiger partial charge in [-0.1, -0.05) is 31.7 Å². The highest BCUT2D eigenvalue weighted by molar-refractivity contribution is 5.92. The van der Waals surface area contributed by atoms with E-state index in [2.05, 4.69) is 5.32 Å². The molecular formula is C16H23FN2O. The summed E-state index contributed by atoms with van der Waals surface area (Å²) in [5.74, 6) is -0.0621. The van der Waals surface area contributed by atoms with Gasteiger partial charge in [-0.05, 0) is 37.4 Å². The van der Waals surface area contributed by atoms with Gasteiger partial charge in [0.2, 0.25) is 5.91 Å². The minimum absolute atomic E-state index is 0.215. The molecule has 3 nitrogen and oxygen atoms in total. The van der Waals surface area contributed by atoms with Crippen LogP contribution in [0, 0.1) is 11.7 Å². The molecule has 0 unspecified atom stereocenters. The molecule has 3 N–H and O–H groups in total. The van der Waals surface area contributed by atoms with Crippen molar-refractivity contribution in [1.29, 1.82) is 0 Å². The molecule has 1 fully saturated rings. The molecule has 0 radical (unpaired) electrons. The number of hydrogen-bond donors (Lipinski definition) is 2. The van der Waals surface area contributed by atoms with Gasteiger partial charge in [0.15, 0.2) is 0 Å². The van der Waals surface area contributed by atoms with Crippen molar-refractivity contribution in [3.63, 3.8) is 0 Å². The Hall–Kier alpha value is -1.42. The molecule has 1 amide bonds. The standard InChI is InChI=1S/C16H23FN2O/c17-15-10-13(16(18)20)7-8-14(15)11-19-9-3-6-12-4-1-2-5-12/h7-8,10,12,19H,1-6,9,11H2,(H2,18,20). The third kappa shape index (κ3) is 4.30. The molecule has 0 atom stereocenters. The molecule has 0 heterocycles. The second-order valence-electron chi connectivity index (χ2n) is 5.64. The first kappa shape index (κ1) is 15.0. The molecule has 110 valence electrons. The molecule has 0 aromatic heterocycles. The Morgan fingerprint density at radius 1 is 1.35 bits per heavy atom. The van der Waals surface area contributed by atoms with E-state index in [0.717, 1.165) is 18.9 Å². The van der Waals surface area contributed by atoms with Crippen molar-refractivity contribution in [2.24, 2.45) is 11.7 Å². The molecule has 0 spiro atoms. The van der Waals surface area contributed by atoms with Crippen molar-refractivity contribution < 1.29 is 9.18 Å². The monoisotopic (exact) mass is 278 g/mol. The van der Waals surface area contributed by atoms with Gasteiger partial charge in [-0.2, -0.15) is 0 Å². The van der Waals surface area contributed by atoms with Crippen molar-refractivity contribution in [2.45, 2.75) is 45.1 Å². The van der Waals surface area contributed by atoms with E-state index < -0.39 is 5.91 Å². The van der Waals surface area contributed by atoms with Crippen LogP contribution in [0.5, 0.6) is 0 Å². The lowest BCUT2D eigenvalue weighted by Gasteiger charge is -2.10. The van der Waals surface area contributed by atoms with E-state index >= 15 is 0 Å². The van der Waals surface area contributed by atoms with Crippen molar-refractivity contribution in [1.82, 2.24) is 5.32 Å². The fourth-order valence-electron chi connectivity index (χ4n) is 2.88. The lowest BCUT2D eigenvalue weighted by molar-refractivity contribution is 0.1000. The second kappa shape index (κ2) is 7.39. The predicted octanol–water partition coefficient (Wildman–Crippen LogP) is 2.98. The summed E-state index contributed by atoms with van der Waals surface area (Å²) in [5, 5.41) is 3.26. The summed E-state index contributed by atoms with van der Waals surface area (Å²) in [6.07, 6.45) is 7.94. The van der Waals surface area contributed by atoms with Gasteiger partial charge >= 0.3 is 0 Å². The molecule has 1 aromatic rings. The molecule has 0 bridgehead atoms. The number of amides is 1. The molecule has 1 saturated carbocycles. The summed E-state index contributed by atoms with van der Waals surface area (Å²) in [6, 6.07) is 4.40. The van der Waals surface area contributed by atoms with E-state index in [4.69, 9.17) is 5.73 Å². The van der Waals surface area contributed by atoms with E-state index in [-0.39, 0.29) is 11.4 Å². The zero-order valence-electron chi connectivity index (χ0n) is 11.8. The van der Waals surface area contributed by atoms with Crippen LogP contribution in [0.4, 0.5) is 4.39 Å². The highest BCUT2D eigenvalue weighted by Gasteiger charge is 2.13. The predicted molar refractivity (Wildman–Crippen MR) is 77.8 cm³/mol. The van der Waals surface area contributed by atoms with Crippen LogP contribution in [0.15, 0.2) is 18.2 Å². The number of primary amides is 1. The van der Waals surface area contributed by atoms with E-state index in [1.807, 2.05) is 0 Å². The lowest BCUT2D eigenvalue weighted by atomic mass is 10.0. The minimum atomic E-state index is -0.597. The summed E-state index contributed by atoms with van der Waals surface area (Å²) in [5.41, 5.74) is 5.91. The largest absolute Gasteiger partial charge is 0.366 e. The number of hydrogen-bond acceptors (Lipinski definition) is 2. The van der Waals surface area contributed by atoms with Crippen molar-refractivity contribution >= 4 is 5.91 Å². The number of nitrogens with two attached hydrogens (primary N) is 1. The Bertz CT molecular complexity index is 456. The summed E-state index contributed by atoms with van der Waals surface area (Å²) in [4.78, 5) is 10.9. The Morgan fingerprint density at radius 3 is 2.75 bits per heavy atom. The zero-order valence-corrected chi connectivity index (χ0v) is 11.8. The van der Waals surface area contributed by atoms with Crippen LogP contribution >= 0.6 is 0 Å². The van der Waals surface area contributed by atoms with Gasteiger partial charge in [0.25, 0.3) is 0 Å². The highest BCUT2D eigenvalue weighted by Crippen LogP contribution is 2.28. The van der Waals surface area contributed by atoms with E-state index in [1.165, 1.54) is 38.2 Å². The summed E-state index contributed by atoms with van der Waals surface area (Å²) >= 11 is 0. The Kier molecular flexibility index (Phi) is 5.53. The third-order valence-electron chi connectivity index (χ3n) is 4.09. The van der Waals surface area contributed by atoms with Crippen LogP contribution in [-0.2, 0) is 6.54 Å². The molecule has 1 aliphatic carbocycles. The fraction of sp³-hybridized carbons (Fsp3) is 0.562. The van der Waals surface area contributed by atoms with Crippen LogP contribution in [0.25, 0.3) is 0 Å². The van der Waals surface area contributed by atoms with Crippen LogP contribution in [0.3, 0.4) is 0 Å². The number of carbonyl (C=O) groups is 1.